The number of rotatable bonds is 6. The summed E-state index contributed by atoms with van der Waals surface area (Å²) < 4.78 is 21.0. The maximum absolute atomic E-state index is 14.1. The number of fused-ring (bicyclic) bond motifs is 1. The van der Waals surface area contributed by atoms with Gasteiger partial charge in [0, 0.05) is 31.9 Å². The summed E-state index contributed by atoms with van der Waals surface area (Å²) in [6, 6.07) is 12.1. The van der Waals surface area contributed by atoms with E-state index >= 15 is 0 Å². The molecule has 8 nitrogen and oxygen atoms in total. The number of aryl methyl sites for hydroxylation is 1. The normalized spacial score (nSPS) is 14.2. The Kier molecular flexibility index (Phi) is 6.14. The summed E-state index contributed by atoms with van der Waals surface area (Å²) in [5, 5.41) is 0.464. The van der Waals surface area contributed by atoms with E-state index in [0.717, 1.165) is 5.69 Å². The second-order valence-electron chi connectivity index (χ2n) is 8.19. The molecule has 3 aromatic heterocycles. The van der Waals surface area contributed by atoms with E-state index in [1.54, 1.807) is 35.4 Å². The number of hydrogen-bond acceptors (Lipinski definition) is 6. The first kappa shape index (κ1) is 22.3. The number of H-pyrrole nitrogens is 1. The number of furan rings is 1. The first-order valence-electron chi connectivity index (χ1n) is 11.0. The fraction of sp³-hybridized carbons (Fsp3) is 0.292. The zero-order valence-electron chi connectivity index (χ0n) is 18.7. The fourth-order valence-electron chi connectivity index (χ4n) is 4.14. The highest BCUT2D eigenvalue weighted by Crippen LogP contribution is 2.22. The van der Waals surface area contributed by atoms with Gasteiger partial charge in [0.1, 0.15) is 17.1 Å². The molecular formula is C24H24FN5O3S. The number of anilines is 1. The van der Waals surface area contributed by atoms with Crippen molar-refractivity contribution in [2.24, 2.45) is 0 Å². The number of nitrogens with one attached hydrogen (secondary N) is 1. The number of hydrogen-bond donors (Lipinski definition) is 1. The summed E-state index contributed by atoms with van der Waals surface area (Å²) in [6.07, 6.45) is 1.56. The van der Waals surface area contributed by atoms with Crippen LogP contribution < -0.4 is 10.5 Å². The van der Waals surface area contributed by atoms with Crippen LogP contribution in [-0.2, 0) is 11.3 Å². The zero-order valence-corrected chi connectivity index (χ0v) is 19.5. The first-order chi connectivity index (χ1) is 16.5. The van der Waals surface area contributed by atoms with Crippen LogP contribution in [0.15, 0.2) is 63.1 Å². The molecule has 4 aromatic rings. The number of aromatic nitrogens is 3. The molecule has 5 rings (SSSR count). The first-order valence-corrected chi connectivity index (χ1v) is 12.0. The zero-order chi connectivity index (χ0) is 23.7. The second-order valence-corrected chi connectivity index (χ2v) is 9.13. The molecule has 0 aliphatic carbocycles. The minimum atomic E-state index is -0.256. The third kappa shape index (κ3) is 4.45. The number of para-hydroxylation sites is 1. The van der Waals surface area contributed by atoms with Crippen molar-refractivity contribution in [2.75, 3.05) is 36.8 Å². The van der Waals surface area contributed by atoms with E-state index in [-0.39, 0.29) is 29.6 Å². The Balaban J connectivity index is 1.29. The molecule has 1 N–H and O–H groups in total. The fourth-order valence-corrected chi connectivity index (χ4v) is 5.04. The summed E-state index contributed by atoms with van der Waals surface area (Å²) in [5.41, 5.74) is 2.21. The molecule has 10 heteroatoms. The molecule has 0 radical (unpaired) electrons. The topological polar surface area (TPSA) is 87.4 Å². The molecule has 1 amide bonds. The van der Waals surface area contributed by atoms with Crippen LogP contribution in [0.5, 0.6) is 0 Å². The van der Waals surface area contributed by atoms with Crippen molar-refractivity contribution in [3.05, 3.63) is 76.4 Å². The van der Waals surface area contributed by atoms with Crippen molar-refractivity contribution >= 4 is 34.4 Å². The summed E-state index contributed by atoms with van der Waals surface area (Å²) in [7, 11) is 0. The highest BCUT2D eigenvalue weighted by molar-refractivity contribution is 7.99. The van der Waals surface area contributed by atoms with E-state index < -0.39 is 0 Å². The number of carbonyl (C=O) groups excluding carboxylic acids is 1. The SMILES string of the molecule is Cc1cc2nc(SCC(=O)N3CCN(c4ccccc4F)CC3)n(Cc3ccco3)c(=O)c2[nH]1. The molecule has 4 heterocycles. The monoisotopic (exact) mass is 481 g/mol. The van der Waals surface area contributed by atoms with Crippen LogP contribution in [0.4, 0.5) is 10.1 Å². The Morgan fingerprint density at radius 1 is 1.18 bits per heavy atom. The van der Waals surface area contributed by atoms with Crippen LogP contribution in [0.1, 0.15) is 11.5 Å². The van der Waals surface area contributed by atoms with Gasteiger partial charge in [-0.15, -0.1) is 0 Å². The van der Waals surface area contributed by atoms with E-state index in [9.17, 15) is 14.0 Å². The van der Waals surface area contributed by atoms with Gasteiger partial charge in [0.15, 0.2) is 5.16 Å². The molecular weight excluding hydrogens is 457 g/mol. The van der Waals surface area contributed by atoms with Gasteiger partial charge in [-0.05, 0) is 37.3 Å². The van der Waals surface area contributed by atoms with Crippen LogP contribution >= 0.6 is 11.8 Å². The molecule has 0 bridgehead atoms. The second kappa shape index (κ2) is 9.38. The van der Waals surface area contributed by atoms with E-state index in [1.807, 2.05) is 24.0 Å². The quantitative estimate of drug-likeness (QED) is 0.336. The smallest absolute Gasteiger partial charge is 0.278 e. The molecule has 1 aliphatic rings. The van der Waals surface area contributed by atoms with Crippen molar-refractivity contribution in [3.8, 4) is 0 Å². The summed E-state index contributed by atoms with van der Waals surface area (Å²) in [6.45, 7) is 4.24. The highest BCUT2D eigenvalue weighted by atomic mass is 32.2. The van der Waals surface area contributed by atoms with Crippen LogP contribution in [0.2, 0.25) is 0 Å². The van der Waals surface area contributed by atoms with Crippen LogP contribution in [0.3, 0.4) is 0 Å². The number of amides is 1. The molecule has 0 atom stereocenters. The lowest BCUT2D eigenvalue weighted by atomic mass is 10.2. The molecule has 34 heavy (non-hydrogen) atoms. The van der Waals surface area contributed by atoms with Crippen LogP contribution in [0, 0.1) is 12.7 Å². The van der Waals surface area contributed by atoms with E-state index in [0.29, 0.717) is 53.8 Å². The van der Waals surface area contributed by atoms with E-state index in [4.69, 9.17) is 4.42 Å². The molecule has 0 saturated carbocycles. The van der Waals surface area contributed by atoms with Gasteiger partial charge in [-0.2, -0.15) is 0 Å². The van der Waals surface area contributed by atoms with Crippen molar-refractivity contribution < 1.29 is 13.6 Å². The maximum atomic E-state index is 14.1. The Bertz CT molecular complexity index is 1370. The number of aromatic amines is 1. The number of nitrogens with zero attached hydrogens (tertiary/aromatic N) is 4. The van der Waals surface area contributed by atoms with Gasteiger partial charge in [-0.1, -0.05) is 23.9 Å². The maximum Gasteiger partial charge on any atom is 0.278 e. The van der Waals surface area contributed by atoms with E-state index in [1.165, 1.54) is 22.4 Å². The van der Waals surface area contributed by atoms with Crippen LogP contribution in [-0.4, -0.2) is 57.3 Å². The molecule has 1 aromatic carbocycles. The van der Waals surface area contributed by atoms with Crippen molar-refractivity contribution in [2.45, 2.75) is 18.6 Å². The lowest BCUT2D eigenvalue weighted by Crippen LogP contribution is -2.49. The summed E-state index contributed by atoms with van der Waals surface area (Å²) in [5.74, 6) is 0.485. The lowest BCUT2D eigenvalue weighted by Gasteiger charge is -2.36. The minimum Gasteiger partial charge on any atom is -0.467 e. The Morgan fingerprint density at radius 3 is 2.71 bits per heavy atom. The number of thioether (sulfide) groups is 1. The molecule has 176 valence electrons. The largest absolute Gasteiger partial charge is 0.467 e. The van der Waals surface area contributed by atoms with Crippen molar-refractivity contribution in [1.29, 1.82) is 0 Å². The van der Waals surface area contributed by atoms with Crippen LogP contribution in [0.25, 0.3) is 11.0 Å². The molecule has 1 aliphatic heterocycles. The third-order valence-electron chi connectivity index (χ3n) is 5.88. The average molecular weight is 482 g/mol. The Labute approximate surface area is 199 Å². The van der Waals surface area contributed by atoms with Crippen molar-refractivity contribution in [1.82, 2.24) is 19.4 Å². The third-order valence-corrected chi connectivity index (χ3v) is 6.84. The molecule has 1 fully saturated rings. The average Bonchev–Trinajstić information content (AvgIpc) is 3.49. The lowest BCUT2D eigenvalue weighted by molar-refractivity contribution is -0.128. The van der Waals surface area contributed by atoms with Gasteiger partial charge in [0.05, 0.1) is 29.8 Å². The number of benzene rings is 1. The number of carbonyl (C=O) groups is 1. The minimum absolute atomic E-state index is 0.0395. The molecule has 1 saturated heterocycles. The van der Waals surface area contributed by atoms with E-state index in [2.05, 4.69) is 9.97 Å². The number of halogens is 1. The molecule has 0 unspecified atom stereocenters. The van der Waals surface area contributed by atoms with Gasteiger partial charge < -0.3 is 19.2 Å². The summed E-state index contributed by atoms with van der Waals surface area (Å²) >= 11 is 1.24. The van der Waals surface area contributed by atoms with Gasteiger partial charge >= 0.3 is 0 Å². The highest BCUT2D eigenvalue weighted by Gasteiger charge is 2.24. The summed E-state index contributed by atoms with van der Waals surface area (Å²) in [4.78, 5) is 37.5. The predicted molar refractivity (Wildman–Crippen MR) is 129 cm³/mol. The molecule has 0 spiro atoms. The predicted octanol–water partition coefficient (Wildman–Crippen LogP) is 3.25. The Morgan fingerprint density at radius 2 is 1.97 bits per heavy atom. The van der Waals surface area contributed by atoms with Gasteiger partial charge in [0.25, 0.3) is 5.56 Å². The Hall–Kier alpha value is -3.53. The van der Waals surface area contributed by atoms with Crippen molar-refractivity contribution in [3.63, 3.8) is 0 Å². The number of piperazine rings is 1. The van der Waals surface area contributed by atoms with Gasteiger partial charge in [-0.3, -0.25) is 14.2 Å². The van der Waals surface area contributed by atoms with Gasteiger partial charge in [0.2, 0.25) is 5.91 Å². The van der Waals surface area contributed by atoms with Gasteiger partial charge in [-0.25, -0.2) is 9.37 Å². The standard InChI is InChI=1S/C24H24FN5O3S/c1-16-13-19-22(26-16)23(32)30(14-17-5-4-12-33-17)24(27-19)34-15-21(31)29-10-8-28(9-11-29)20-7-3-2-6-18(20)25/h2-7,12-13,26H,8-11,14-15H2,1H3.